The number of nitrogens with one attached hydrogen (secondary N) is 1. The third kappa shape index (κ3) is 3.18. The summed E-state index contributed by atoms with van der Waals surface area (Å²) in [5, 5.41) is 3.59. The Balaban J connectivity index is 2.17. The van der Waals surface area contributed by atoms with Gasteiger partial charge in [0.2, 0.25) is 0 Å². The summed E-state index contributed by atoms with van der Waals surface area (Å²) in [5.41, 5.74) is 1.85. The molecule has 0 amide bonds. The van der Waals surface area contributed by atoms with Gasteiger partial charge >= 0.3 is 0 Å². The van der Waals surface area contributed by atoms with Gasteiger partial charge in [0.25, 0.3) is 0 Å². The van der Waals surface area contributed by atoms with Gasteiger partial charge in [0.05, 0.1) is 0 Å². The molecule has 0 saturated heterocycles. The molecule has 106 valence electrons. The van der Waals surface area contributed by atoms with Crippen LogP contribution in [-0.2, 0) is 10.2 Å². The van der Waals surface area contributed by atoms with Crippen LogP contribution in [0.3, 0.4) is 0 Å². The summed E-state index contributed by atoms with van der Waals surface area (Å²) in [6, 6.07) is 11.7. The van der Waals surface area contributed by atoms with Crippen molar-refractivity contribution >= 4 is 0 Å². The largest absolute Gasteiger partial charge is 0.385 e. The van der Waals surface area contributed by atoms with E-state index in [0.717, 1.165) is 13.0 Å². The summed E-state index contributed by atoms with van der Waals surface area (Å²) >= 11 is 0. The second-order valence-electron chi connectivity index (χ2n) is 5.71. The fraction of sp³-hybridized carbons (Fsp3) is 0.647. The highest BCUT2D eigenvalue weighted by atomic mass is 16.5. The highest BCUT2D eigenvalue weighted by Crippen LogP contribution is 2.44. The Morgan fingerprint density at radius 3 is 2.47 bits per heavy atom. The van der Waals surface area contributed by atoms with E-state index >= 15 is 0 Å². The minimum Gasteiger partial charge on any atom is -0.385 e. The molecular formula is C17H27NO. The number of benzene rings is 1. The second-order valence-corrected chi connectivity index (χ2v) is 5.71. The molecule has 0 bridgehead atoms. The van der Waals surface area contributed by atoms with Gasteiger partial charge in [-0.1, -0.05) is 43.2 Å². The molecule has 1 fully saturated rings. The lowest BCUT2D eigenvalue weighted by molar-refractivity contribution is 0.180. The number of hydrogen-bond donors (Lipinski definition) is 1. The predicted molar refractivity (Wildman–Crippen MR) is 80.5 cm³/mol. The standard InChI is InChI=1S/C17H27NO/c1-18-16(11-8-14-19-2)17(12-6-7-13-17)15-9-4-3-5-10-15/h3-5,9-10,16,18H,6-8,11-14H2,1-2H3. The number of likely N-dealkylation sites (N-methyl/N-ethyl adjacent to an activating group) is 1. The first-order valence-corrected chi connectivity index (χ1v) is 7.55. The van der Waals surface area contributed by atoms with Gasteiger partial charge in [0.1, 0.15) is 0 Å². The van der Waals surface area contributed by atoms with Gasteiger partial charge in [0, 0.05) is 25.2 Å². The van der Waals surface area contributed by atoms with Crippen LogP contribution in [0.25, 0.3) is 0 Å². The van der Waals surface area contributed by atoms with E-state index in [1.54, 1.807) is 7.11 Å². The molecule has 1 atom stereocenters. The van der Waals surface area contributed by atoms with E-state index in [1.165, 1.54) is 37.7 Å². The highest BCUT2D eigenvalue weighted by molar-refractivity contribution is 5.29. The zero-order valence-electron chi connectivity index (χ0n) is 12.3. The summed E-state index contributed by atoms with van der Waals surface area (Å²) in [4.78, 5) is 0. The lowest BCUT2D eigenvalue weighted by atomic mass is 9.71. The maximum absolute atomic E-state index is 5.21. The summed E-state index contributed by atoms with van der Waals surface area (Å²) in [6.45, 7) is 0.864. The SMILES string of the molecule is CNC(CCCOC)C1(c2ccccc2)CCCC1. The van der Waals surface area contributed by atoms with Crippen LogP contribution in [0.4, 0.5) is 0 Å². The highest BCUT2D eigenvalue weighted by Gasteiger charge is 2.41. The maximum Gasteiger partial charge on any atom is 0.0462 e. The molecule has 2 heteroatoms. The molecule has 1 saturated carbocycles. The Hall–Kier alpha value is -0.860. The Labute approximate surface area is 117 Å². The normalized spacial score (nSPS) is 19.5. The number of rotatable bonds is 7. The van der Waals surface area contributed by atoms with E-state index in [-0.39, 0.29) is 0 Å². The van der Waals surface area contributed by atoms with Crippen LogP contribution >= 0.6 is 0 Å². The summed E-state index contributed by atoms with van der Waals surface area (Å²) in [6.07, 6.45) is 7.68. The molecule has 0 aromatic heterocycles. The first kappa shape index (κ1) is 14.5. The molecule has 2 rings (SSSR count). The third-order valence-corrected chi connectivity index (χ3v) is 4.70. The molecule has 0 spiro atoms. The van der Waals surface area contributed by atoms with Crippen molar-refractivity contribution in [2.45, 2.75) is 50.0 Å². The van der Waals surface area contributed by atoms with Crippen LogP contribution < -0.4 is 5.32 Å². The Morgan fingerprint density at radius 2 is 1.89 bits per heavy atom. The first-order chi connectivity index (χ1) is 9.33. The quantitative estimate of drug-likeness (QED) is 0.758. The summed E-state index contributed by atoms with van der Waals surface area (Å²) in [5.74, 6) is 0. The van der Waals surface area contributed by atoms with E-state index in [4.69, 9.17) is 4.74 Å². The third-order valence-electron chi connectivity index (χ3n) is 4.70. The number of methoxy groups -OCH3 is 1. The van der Waals surface area contributed by atoms with Crippen LogP contribution in [0.5, 0.6) is 0 Å². The minimum atomic E-state index is 0.337. The van der Waals surface area contributed by atoms with Gasteiger partial charge in [-0.2, -0.15) is 0 Å². The molecule has 1 N–H and O–H groups in total. The molecular weight excluding hydrogens is 234 g/mol. The average molecular weight is 261 g/mol. The van der Waals surface area contributed by atoms with E-state index in [0.29, 0.717) is 11.5 Å². The van der Waals surface area contributed by atoms with E-state index in [1.807, 2.05) is 0 Å². The topological polar surface area (TPSA) is 21.3 Å². The molecule has 0 heterocycles. The number of ether oxygens (including phenoxy) is 1. The Morgan fingerprint density at radius 1 is 1.21 bits per heavy atom. The van der Waals surface area contributed by atoms with Crippen molar-refractivity contribution in [3.63, 3.8) is 0 Å². The van der Waals surface area contributed by atoms with Crippen molar-refractivity contribution in [1.82, 2.24) is 5.32 Å². The Bertz CT molecular complexity index is 357. The fourth-order valence-corrected chi connectivity index (χ4v) is 3.74. The maximum atomic E-state index is 5.21. The zero-order chi connectivity index (χ0) is 13.6. The fourth-order valence-electron chi connectivity index (χ4n) is 3.74. The Kier molecular flexibility index (Phi) is 5.41. The van der Waals surface area contributed by atoms with Crippen LogP contribution in [0.15, 0.2) is 30.3 Å². The van der Waals surface area contributed by atoms with Gasteiger partial charge < -0.3 is 10.1 Å². The number of hydrogen-bond acceptors (Lipinski definition) is 2. The molecule has 1 aromatic rings. The van der Waals surface area contributed by atoms with E-state index in [2.05, 4.69) is 42.7 Å². The molecule has 1 aliphatic carbocycles. The molecule has 1 unspecified atom stereocenters. The summed E-state index contributed by atoms with van der Waals surface area (Å²) in [7, 11) is 3.90. The van der Waals surface area contributed by atoms with Crippen LogP contribution in [-0.4, -0.2) is 26.8 Å². The van der Waals surface area contributed by atoms with Crippen LogP contribution in [0, 0.1) is 0 Å². The van der Waals surface area contributed by atoms with Crippen molar-refractivity contribution in [2.75, 3.05) is 20.8 Å². The monoisotopic (exact) mass is 261 g/mol. The smallest absolute Gasteiger partial charge is 0.0462 e. The van der Waals surface area contributed by atoms with Crippen molar-refractivity contribution < 1.29 is 4.74 Å². The predicted octanol–water partition coefficient (Wildman–Crippen LogP) is 3.51. The second kappa shape index (κ2) is 7.06. The van der Waals surface area contributed by atoms with Crippen molar-refractivity contribution in [1.29, 1.82) is 0 Å². The van der Waals surface area contributed by atoms with Crippen LogP contribution in [0.2, 0.25) is 0 Å². The molecule has 0 aliphatic heterocycles. The van der Waals surface area contributed by atoms with Crippen molar-refractivity contribution in [3.05, 3.63) is 35.9 Å². The van der Waals surface area contributed by atoms with Gasteiger partial charge in [-0.15, -0.1) is 0 Å². The van der Waals surface area contributed by atoms with Crippen LogP contribution in [0.1, 0.15) is 44.1 Å². The van der Waals surface area contributed by atoms with Gasteiger partial charge in [-0.3, -0.25) is 0 Å². The van der Waals surface area contributed by atoms with Crippen molar-refractivity contribution in [2.24, 2.45) is 0 Å². The average Bonchev–Trinajstić information content (AvgIpc) is 2.95. The van der Waals surface area contributed by atoms with E-state index in [9.17, 15) is 0 Å². The lowest BCUT2D eigenvalue weighted by Crippen LogP contribution is -2.45. The molecule has 2 nitrogen and oxygen atoms in total. The lowest BCUT2D eigenvalue weighted by Gasteiger charge is -2.38. The first-order valence-electron chi connectivity index (χ1n) is 7.55. The molecule has 1 aromatic carbocycles. The molecule has 1 aliphatic rings. The van der Waals surface area contributed by atoms with E-state index < -0.39 is 0 Å². The zero-order valence-corrected chi connectivity index (χ0v) is 12.3. The van der Waals surface area contributed by atoms with Gasteiger partial charge in [0.15, 0.2) is 0 Å². The van der Waals surface area contributed by atoms with Gasteiger partial charge in [-0.05, 0) is 38.3 Å². The van der Waals surface area contributed by atoms with Crippen molar-refractivity contribution in [3.8, 4) is 0 Å². The molecule has 0 radical (unpaired) electrons. The molecule has 19 heavy (non-hydrogen) atoms. The van der Waals surface area contributed by atoms with Gasteiger partial charge in [-0.25, -0.2) is 0 Å². The minimum absolute atomic E-state index is 0.337. The summed E-state index contributed by atoms with van der Waals surface area (Å²) < 4.78 is 5.21.